The van der Waals surface area contributed by atoms with E-state index in [1.54, 1.807) is 13.2 Å². The minimum absolute atomic E-state index is 0.0885. The Morgan fingerprint density at radius 1 is 1.50 bits per heavy atom. The van der Waals surface area contributed by atoms with E-state index in [2.05, 4.69) is 0 Å². The minimum atomic E-state index is -0.388. The van der Waals surface area contributed by atoms with E-state index < -0.39 is 0 Å². The molecule has 0 bridgehead atoms. The molecule has 0 unspecified atom stereocenters. The van der Waals surface area contributed by atoms with Gasteiger partial charge in [-0.2, -0.15) is 0 Å². The molecule has 0 atom stereocenters. The zero-order valence-electron chi connectivity index (χ0n) is 9.13. The maximum Gasteiger partial charge on any atom is 0.137 e. The van der Waals surface area contributed by atoms with Crippen LogP contribution in [0.1, 0.15) is 18.4 Å². The second-order valence-electron chi connectivity index (χ2n) is 3.55. The highest BCUT2D eigenvalue weighted by Gasteiger charge is 2.07. The lowest BCUT2D eigenvalue weighted by atomic mass is 10.1. The zero-order valence-corrected chi connectivity index (χ0v) is 9.89. The topological polar surface area (TPSA) is 26.3 Å². The van der Waals surface area contributed by atoms with Crippen molar-refractivity contribution in [1.82, 2.24) is 0 Å². The van der Waals surface area contributed by atoms with Gasteiger partial charge >= 0.3 is 0 Å². The van der Waals surface area contributed by atoms with Crippen molar-refractivity contribution < 1.29 is 13.9 Å². The van der Waals surface area contributed by atoms with E-state index in [-0.39, 0.29) is 18.0 Å². The van der Waals surface area contributed by atoms with Crippen LogP contribution < -0.4 is 0 Å². The van der Waals surface area contributed by atoms with Gasteiger partial charge in [-0.1, -0.05) is 17.7 Å². The SMILES string of the molecule is COCCCC(=O)Cc1ccc(F)cc1Cl. The first-order valence-corrected chi connectivity index (χ1v) is 5.46. The summed E-state index contributed by atoms with van der Waals surface area (Å²) in [5.74, 6) is -0.300. The predicted octanol–water partition coefficient (Wildman–Crippen LogP) is 3.02. The van der Waals surface area contributed by atoms with Gasteiger partial charge < -0.3 is 4.74 Å². The number of ketones is 1. The van der Waals surface area contributed by atoms with Gasteiger partial charge in [-0.05, 0) is 24.1 Å². The number of carbonyl (C=O) groups is 1. The highest BCUT2D eigenvalue weighted by Crippen LogP contribution is 2.18. The number of carbonyl (C=O) groups excluding carboxylic acids is 1. The Morgan fingerprint density at radius 3 is 2.88 bits per heavy atom. The van der Waals surface area contributed by atoms with Crippen LogP contribution in [0.2, 0.25) is 5.02 Å². The number of hydrogen-bond donors (Lipinski definition) is 0. The van der Waals surface area contributed by atoms with E-state index in [9.17, 15) is 9.18 Å². The molecule has 0 saturated carbocycles. The van der Waals surface area contributed by atoms with Gasteiger partial charge in [0.05, 0.1) is 0 Å². The summed E-state index contributed by atoms with van der Waals surface area (Å²) < 4.78 is 17.6. The van der Waals surface area contributed by atoms with E-state index in [4.69, 9.17) is 16.3 Å². The molecule has 0 saturated heterocycles. The monoisotopic (exact) mass is 244 g/mol. The molecule has 0 aliphatic heterocycles. The molecule has 0 heterocycles. The Labute approximate surface area is 99.4 Å². The van der Waals surface area contributed by atoms with E-state index >= 15 is 0 Å². The molecule has 1 rings (SSSR count). The molecule has 1 aromatic carbocycles. The predicted molar refractivity (Wildman–Crippen MR) is 61.2 cm³/mol. The lowest BCUT2D eigenvalue weighted by molar-refractivity contribution is -0.118. The Morgan fingerprint density at radius 2 is 2.25 bits per heavy atom. The molecule has 0 radical (unpaired) electrons. The summed E-state index contributed by atoms with van der Waals surface area (Å²) in [4.78, 5) is 11.5. The highest BCUT2D eigenvalue weighted by molar-refractivity contribution is 6.31. The van der Waals surface area contributed by atoms with Gasteiger partial charge in [-0.25, -0.2) is 4.39 Å². The average molecular weight is 245 g/mol. The standard InChI is InChI=1S/C12H14ClFO2/c1-16-6-2-3-11(15)7-9-4-5-10(14)8-12(9)13/h4-5,8H,2-3,6-7H2,1H3. The molecule has 1 aromatic rings. The summed E-state index contributed by atoms with van der Waals surface area (Å²) in [5.41, 5.74) is 0.672. The van der Waals surface area contributed by atoms with Crippen molar-refractivity contribution in [2.75, 3.05) is 13.7 Å². The quantitative estimate of drug-likeness (QED) is 0.719. The number of halogens is 2. The maximum absolute atomic E-state index is 12.7. The zero-order chi connectivity index (χ0) is 12.0. The van der Waals surface area contributed by atoms with Crippen LogP contribution in [0.4, 0.5) is 4.39 Å². The lowest BCUT2D eigenvalue weighted by Gasteiger charge is -2.03. The average Bonchev–Trinajstić information content (AvgIpc) is 2.23. The molecular weight excluding hydrogens is 231 g/mol. The van der Waals surface area contributed by atoms with Crippen LogP contribution in [-0.2, 0) is 16.0 Å². The fourth-order valence-corrected chi connectivity index (χ4v) is 1.61. The molecule has 16 heavy (non-hydrogen) atoms. The second-order valence-corrected chi connectivity index (χ2v) is 3.95. The smallest absolute Gasteiger partial charge is 0.137 e. The summed E-state index contributed by atoms with van der Waals surface area (Å²) in [6.07, 6.45) is 1.42. The Hall–Kier alpha value is -0.930. The Kier molecular flexibility index (Phi) is 5.43. The highest BCUT2D eigenvalue weighted by atomic mass is 35.5. The van der Waals surface area contributed by atoms with Crippen LogP contribution in [0.5, 0.6) is 0 Å². The van der Waals surface area contributed by atoms with Crippen LogP contribution in [0.3, 0.4) is 0 Å². The van der Waals surface area contributed by atoms with E-state index in [1.165, 1.54) is 12.1 Å². The van der Waals surface area contributed by atoms with Gasteiger partial charge in [-0.3, -0.25) is 4.79 Å². The molecule has 4 heteroatoms. The van der Waals surface area contributed by atoms with E-state index in [0.717, 1.165) is 0 Å². The third kappa shape index (κ3) is 4.29. The van der Waals surface area contributed by atoms with Gasteiger partial charge in [-0.15, -0.1) is 0 Å². The summed E-state index contributed by atoms with van der Waals surface area (Å²) in [6, 6.07) is 4.08. The van der Waals surface area contributed by atoms with Crippen molar-refractivity contribution in [3.8, 4) is 0 Å². The molecule has 0 N–H and O–H groups in total. The fraction of sp³-hybridized carbons (Fsp3) is 0.417. The minimum Gasteiger partial charge on any atom is -0.385 e. The number of rotatable bonds is 6. The third-order valence-corrected chi connectivity index (χ3v) is 2.56. The fourth-order valence-electron chi connectivity index (χ4n) is 1.38. The van der Waals surface area contributed by atoms with Gasteiger partial charge in [0.25, 0.3) is 0 Å². The van der Waals surface area contributed by atoms with Gasteiger partial charge in [0.2, 0.25) is 0 Å². The van der Waals surface area contributed by atoms with Crippen molar-refractivity contribution in [2.24, 2.45) is 0 Å². The van der Waals surface area contributed by atoms with Crippen LogP contribution in [0.15, 0.2) is 18.2 Å². The van der Waals surface area contributed by atoms with Crippen molar-refractivity contribution >= 4 is 17.4 Å². The Balaban J connectivity index is 2.49. The number of methoxy groups -OCH3 is 1. The molecule has 0 aliphatic rings. The first kappa shape index (κ1) is 13.1. The first-order valence-electron chi connectivity index (χ1n) is 5.08. The Bertz CT molecular complexity index is 366. The number of ether oxygens (including phenoxy) is 1. The first-order chi connectivity index (χ1) is 7.63. The van der Waals surface area contributed by atoms with E-state index in [1.807, 2.05) is 0 Å². The van der Waals surface area contributed by atoms with Crippen LogP contribution >= 0.6 is 11.6 Å². The van der Waals surface area contributed by atoms with Crippen LogP contribution in [-0.4, -0.2) is 19.5 Å². The number of hydrogen-bond acceptors (Lipinski definition) is 2. The normalized spacial score (nSPS) is 10.4. The molecular formula is C12H14ClFO2. The molecule has 0 fully saturated rings. The molecule has 2 nitrogen and oxygen atoms in total. The lowest BCUT2D eigenvalue weighted by Crippen LogP contribution is -2.04. The van der Waals surface area contributed by atoms with Gasteiger partial charge in [0.1, 0.15) is 11.6 Å². The van der Waals surface area contributed by atoms with Crippen molar-refractivity contribution in [1.29, 1.82) is 0 Å². The van der Waals surface area contributed by atoms with Gasteiger partial charge in [0, 0.05) is 31.6 Å². The van der Waals surface area contributed by atoms with E-state index in [0.29, 0.717) is 30.0 Å². The molecule has 88 valence electrons. The third-order valence-electron chi connectivity index (χ3n) is 2.21. The number of benzene rings is 1. The van der Waals surface area contributed by atoms with Gasteiger partial charge in [0.15, 0.2) is 0 Å². The van der Waals surface area contributed by atoms with Crippen molar-refractivity contribution in [3.63, 3.8) is 0 Å². The summed E-state index contributed by atoms with van der Waals surface area (Å²) >= 11 is 5.82. The summed E-state index contributed by atoms with van der Waals surface area (Å²) in [7, 11) is 1.60. The van der Waals surface area contributed by atoms with Crippen molar-refractivity contribution in [3.05, 3.63) is 34.6 Å². The van der Waals surface area contributed by atoms with Crippen LogP contribution in [0.25, 0.3) is 0 Å². The van der Waals surface area contributed by atoms with Crippen molar-refractivity contribution in [2.45, 2.75) is 19.3 Å². The number of Topliss-reactive ketones (excluding diaryl/α,β-unsaturated/α-hetero) is 1. The molecule has 0 spiro atoms. The second kappa shape index (κ2) is 6.61. The largest absolute Gasteiger partial charge is 0.385 e. The maximum atomic E-state index is 12.7. The molecule has 0 aromatic heterocycles. The molecule has 0 aliphatic carbocycles. The summed E-state index contributed by atoms with van der Waals surface area (Å²) in [6.45, 7) is 0.572. The summed E-state index contributed by atoms with van der Waals surface area (Å²) in [5, 5.41) is 0.306. The van der Waals surface area contributed by atoms with Crippen LogP contribution in [0, 0.1) is 5.82 Å². The molecule has 0 amide bonds.